The topological polar surface area (TPSA) is 15.3 Å². The summed E-state index contributed by atoms with van der Waals surface area (Å²) in [5.41, 5.74) is 0. The van der Waals surface area contributed by atoms with E-state index < -0.39 is 0 Å². The van der Waals surface area contributed by atoms with Gasteiger partial charge in [0.2, 0.25) is 0 Å². The first-order chi connectivity index (χ1) is 8.68. The van der Waals surface area contributed by atoms with Crippen molar-refractivity contribution in [3.8, 4) is 0 Å². The van der Waals surface area contributed by atoms with Gasteiger partial charge >= 0.3 is 0 Å². The van der Waals surface area contributed by atoms with Crippen LogP contribution in [0.1, 0.15) is 65.7 Å². The highest BCUT2D eigenvalue weighted by atomic mass is 15.2. The molecule has 2 heterocycles. The molecule has 0 aromatic carbocycles. The SMILES string of the molecule is CC(C)CCC(C)N1CCCCC1C1CCCN1. The van der Waals surface area contributed by atoms with Crippen molar-refractivity contribution < 1.29 is 0 Å². The molecule has 0 spiro atoms. The molecule has 0 saturated carbocycles. The zero-order chi connectivity index (χ0) is 13.0. The molecule has 2 aliphatic rings. The first-order valence-electron chi connectivity index (χ1n) is 8.17. The summed E-state index contributed by atoms with van der Waals surface area (Å²) < 4.78 is 0. The number of piperidine rings is 1. The molecular weight excluding hydrogens is 220 g/mol. The normalized spacial score (nSPS) is 32.0. The van der Waals surface area contributed by atoms with Crippen molar-refractivity contribution in [3.63, 3.8) is 0 Å². The Morgan fingerprint density at radius 3 is 2.56 bits per heavy atom. The number of nitrogens with zero attached hydrogens (tertiary/aromatic N) is 1. The number of hydrogen-bond acceptors (Lipinski definition) is 2. The lowest BCUT2D eigenvalue weighted by Gasteiger charge is -2.43. The lowest BCUT2D eigenvalue weighted by molar-refractivity contribution is 0.0740. The fraction of sp³-hybridized carbons (Fsp3) is 1.00. The summed E-state index contributed by atoms with van der Waals surface area (Å²) in [7, 11) is 0. The van der Waals surface area contributed by atoms with Crippen LogP contribution in [-0.4, -0.2) is 36.1 Å². The fourth-order valence-corrected chi connectivity index (χ4v) is 3.74. The van der Waals surface area contributed by atoms with Gasteiger partial charge in [0.15, 0.2) is 0 Å². The minimum Gasteiger partial charge on any atom is -0.312 e. The monoisotopic (exact) mass is 252 g/mol. The largest absolute Gasteiger partial charge is 0.312 e. The van der Waals surface area contributed by atoms with Crippen LogP contribution in [0.15, 0.2) is 0 Å². The smallest absolute Gasteiger partial charge is 0.0252 e. The Balaban J connectivity index is 1.89. The molecule has 0 radical (unpaired) electrons. The Bertz CT molecular complexity index is 233. The van der Waals surface area contributed by atoms with E-state index in [4.69, 9.17) is 0 Å². The van der Waals surface area contributed by atoms with Crippen molar-refractivity contribution in [1.29, 1.82) is 0 Å². The number of nitrogens with one attached hydrogen (secondary N) is 1. The maximum absolute atomic E-state index is 3.73. The van der Waals surface area contributed by atoms with E-state index in [1.807, 2.05) is 0 Å². The highest BCUT2D eigenvalue weighted by molar-refractivity contribution is 4.92. The van der Waals surface area contributed by atoms with Crippen LogP contribution in [0.5, 0.6) is 0 Å². The van der Waals surface area contributed by atoms with Gasteiger partial charge in [-0.05, 0) is 64.5 Å². The predicted octanol–water partition coefficient (Wildman–Crippen LogP) is 3.42. The van der Waals surface area contributed by atoms with E-state index in [2.05, 4.69) is 31.0 Å². The van der Waals surface area contributed by atoms with Crippen LogP contribution in [0.2, 0.25) is 0 Å². The molecule has 0 aromatic heterocycles. The van der Waals surface area contributed by atoms with E-state index in [0.29, 0.717) is 0 Å². The summed E-state index contributed by atoms with van der Waals surface area (Å²) in [4.78, 5) is 2.83. The highest BCUT2D eigenvalue weighted by Crippen LogP contribution is 2.27. The van der Waals surface area contributed by atoms with Gasteiger partial charge in [0.05, 0.1) is 0 Å². The highest BCUT2D eigenvalue weighted by Gasteiger charge is 2.33. The van der Waals surface area contributed by atoms with Crippen LogP contribution >= 0.6 is 0 Å². The summed E-state index contributed by atoms with van der Waals surface area (Å²) >= 11 is 0. The molecule has 18 heavy (non-hydrogen) atoms. The van der Waals surface area contributed by atoms with Gasteiger partial charge in [0.25, 0.3) is 0 Å². The molecule has 2 aliphatic heterocycles. The molecule has 1 N–H and O–H groups in total. The van der Waals surface area contributed by atoms with Gasteiger partial charge in [-0.1, -0.05) is 20.3 Å². The molecule has 3 atom stereocenters. The van der Waals surface area contributed by atoms with Gasteiger partial charge in [-0.3, -0.25) is 4.90 Å². The number of likely N-dealkylation sites (tertiary alicyclic amines) is 1. The molecule has 2 rings (SSSR count). The maximum Gasteiger partial charge on any atom is 0.0252 e. The van der Waals surface area contributed by atoms with Crippen LogP contribution in [0.3, 0.4) is 0 Å². The second-order valence-corrected chi connectivity index (χ2v) is 6.82. The molecule has 0 bridgehead atoms. The Labute approximate surface area is 114 Å². The molecule has 0 aliphatic carbocycles. The average molecular weight is 252 g/mol. The summed E-state index contributed by atoms with van der Waals surface area (Å²) in [6.45, 7) is 9.73. The van der Waals surface area contributed by atoms with Gasteiger partial charge in [-0.2, -0.15) is 0 Å². The van der Waals surface area contributed by atoms with Crippen LogP contribution in [0.4, 0.5) is 0 Å². The van der Waals surface area contributed by atoms with Gasteiger partial charge in [-0.15, -0.1) is 0 Å². The van der Waals surface area contributed by atoms with Crippen LogP contribution in [0.25, 0.3) is 0 Å². The van der Waals surface area contributed by atoms with Crippen molar-refractivity contribution >= 4 is 0 Å². The molecule has 0 amide bonds. The average Bonchev–Trinajstić information content (AvgIpc) is 2.89. The van der Waals surface area contributed by atoms with Crippen molar-refractivity contribution in [2.24, 2.45) is 5.92 Å². The van der Waals surface area contributed by atoms with Crippen molar-refractivity contribution in [3.05, 3.63) is 0 Å². The third-order valence-electron chi connectivity index (χ3n) is 4.88. The molecule has 2 saturated heterocycles. The van der Waals surface area contributed by atoms with E-state index >= 15 is 0 Å². The Morgan fingerprint density at radius 2 is 1.89 bits per heavy atom. The number of hydrogen-bond donors (Lipinski definition) is 1. The maximum atomic E-state index is 3.73. The predicted molar refractivity (Wildman–Crippen MR) is 78.9 cm³/mol. The van der Waals surface area contributed by atoms with E-state index in [1.54, 1.807) is 0 Å². The van der Waals surface area contributed by atoms with Crippen molar-refractivity contribution in [2.75, 3.05) is 13.1 Å². The van der Waals surface area contributed by atoms with Crippen LogP contribution < -0.4 is 5.32 Å². The summed E-state index contributed by atoms with van der Waals surface area (Å²) in [6.07, 6.45) is 9.81. The minimum atomic E-state index is 0.778. The first-order valence-corrected chi connectivity index (χ1v) is 8.17. The van der Waals surface area contributed by atoms with Gasteiger partial charge in [-0.25, -0.2) is 0 Å². The Morgan fingerprint density at radius 1 is 1.06 bits per heavy atom. The Kier molecular flexibility index (Phi) is 5.50. The second kappa shape index (κ2) is 6.91. The molecule has 2 heteroatoms. The summed E-state index contributed by atoms with van der Waals surface area (Å²) in [6, 6.07) is 2.38. The number of rotatable bonds is 5. The summed E-state index contributed by atoms with van der Waals surface area (Å²) in [5, 5.41) is 3.73. The van der Waals surface area contributed by atoms with E-state index in [1.165, 1.54) is 58.0 Å². The molecule has 0 aromatic rings. The van der Waals surface area contributed by atoms with E-state index in [-0.39, 0.29) is 0 Å². The van der Waals surface area contributed by atoms with Crippen molar-refractivity contribution in [1.82, 2.24) is 10.2 Å². The second-order valence-electron chi connectivity index (χ2n) is 6.82. The van der Waals surface area contributed by atoms with Gasteiger partial charge in [0, 0.05) is 18.1 Å². The molecular formula is C16H32N2. The van der Waals surface area contributed by atoms with Crippen LogP contribution in [0, 0.1) is 5.92 Å². The van der Waals surface area contributed by atoms with Crippen LogP contribution in [-0.2, 0) is 0 Å². The molecule has 2 nitrogen and oxygen atoms in total. The Hall–Kier alpha value is -0.0800. The third kappa shape index (κ3) is 3.71. The lowest BCUT2D eigenvalue weighted by atomic mass is 9.91. The minimum absolute atomic E-state index is 0.778. The zero-order valence-electron chi connectivity index (χ0n) is 12.6. The zero-order valence-corrected chi connectivity index (χ0v) is 12.6. The quantitative estimate of drug-likeness (QED) is 0.806. The van der Waals surface area contributed by atoms with Crippen molar-refractivity contribution in [2.45, 2.75) is 83.8 Å². The third-order valence-corrected chi connectivity index (χ3v) is 4.88. The van der Waals surface area contributed by atoms with E-state index in [0.717, 1.165) is 24.0 Å². The first kappa shape index (κ1) is 14.3. The van der Waals surface area contributed by atoms with Gasteiger partial charge < -0.3 is 5.32 Å². The lowest BCUT2D eigenvalue weighted by Crippen LogP contribution is -2.53. The van der Waals surface area contributed by atoms with Gasteiger partial charge in [0.1, 0.15) is 0 Å². The fourth-order valence-electron chi connectivity index (χ4n) is 3.74. The molecule has 3 unspecified atom stereocenters. The molecule has 2 fully saturated rings. The summed E-state index contributed by atoms with van der Waals surface area (Å²) in [5.74, 6) is 0.847. The molecule has 106 valence electrons. The standard InChI is InChI=1S/C16H32N2/c1-13(2)9-10-14(3)18-12-5-4-8-16(18)15-7-6-11-17-15/h13-17H,4-12H2,1-3H3. The van der Waals surface area contributed by atoms with E-state index in [9.17, 15) is 0 Å².